The van der Waals surface area contributed by atoms with Crippen LogP contribution in [0.15, 0.2) is 29.2 Å². The summed E-state index contributed by atoms with van der Waals surface area (Å²) in [6, 6.07) is 6.62. The molecule has 0 aliphatic heterocycles. The van der Waals surface area contributed by atoms with Crippen molar-refractivity contribution in [2.45, 2.75) is 17.2 Å². The number of alkyl halides is 2. The monoisotopic (exact) mass is 229 g/mol. The Hall–Kier alpha value is -1.10. The fourth-order valence-electron chi connectivity index (χ4n) is 1.27. The predicted octanol–water partition coefficient (Wildman–Crippen LogP) is 2.57. The van der Waals surface area contributed by atoms with E-state index in [1.807, 2.05) is 0 Å². The summed E-state index contributed by atoms with van der Waals surface area (Å²) in [5.74, 6) is -4.59. The molecular formula is C10H9F2NOS. The van der Waals surface area contributed by atoms with Gasteiger partial charge in [0.25, 0.3) is 5.92 Å². The second-order valence-corrected chi connectivity index (χ2v) is 4.07. The third kappa shape index (κ3) is 2.28. The maximum Gasteiger partial charge on any atom is 0.260 e. The van der Waals surface area contributed by atoms with Crippen LogP contribution in [0.5, 0.6) is 0 Å². The lowest BCUT2D eigenvalue weighted by molar-refractivity contribution is -0.119. The summed E-state index contributed by atoms with van der Waals surface area (Å²) in [5, 5.41) is 2.43. The highest BCUT2D eigenvalue weighted by atomic mass is 32.1. The molecule has 2 nitrogen and oxygen atoms in total. The first-order valence-corrected chi connectivity index (χ1v) is 4.91. The fourth-order valence-corrected chi connectivity index (χ4v) is 1.42. The van der Waals surface area contributed by atoms with Crippen LogP contribution in [-0.4, -0.2) is 11.8 Å². The maximum absolute atomic E-state index is 12.5. The highest BCUT2D eigenvalue weighted by Gasteiger charge is 2.61. The Morgan fingerprint density at radius 2 is 1.93 bits per heavy atom. The summed E-state index contributed by atoms with van der Waals surface area (Å²) < 4.78 is 25.1. The highest BCUT2D eigenvalue weighted by molar-refractivity contribution is 7.80. The zero-order valence-corrected chi connectivity index (χ0v) is 8.60. The number of benzene rings is 1. The molecular weight excluding hydrogens is 220 g/mol. The normalized spacial score (nSPS) is 22.2. The van der Waals surface area contributed by atoms with Gasteiger partial charge in [0.05, 0.1) is 0 Å². The van der Waals surface area contributed by atoms with E-state index < -0.39 is 17.7 Å². The molecule has 80 valence electrons. The molecule has 1 fully saturated rings. The Morgan fingerprint density at radius 3 is 2.40 bits per heavy atom. The third-order valence-electron chi connectivity index (χ3n) is 2.28. The Labute approximate surface area is 91.1 Å². The molecule has 1 saturated carbocycles. The molecule has 1 aliphatic carbocycles. The molecule has 2 rings (SSSR count). The fraction of sp³-hybridized carbons (Fsp3) is 0.300. The van der Waals surface area contributed by atoms with Crippen molar-refractivity contribution in [1.82, 2.24) is 0 Å². The van der Waals surface area contributed by atoms with Crippen molar-refractivity contribution in [3.8, 4) is 0 Å². The van der Waals surface area contributed by atoms with Gasteiger partial charge in [0.2, 0.25) is 5.91 Å². The molecule has 0 spiro atoms. The summed E-state index contributed by atoms with van der Waals surface area (Å²) >= 11 is 4.07. The summed E-state index contributed by atoms with van der Waals surface area (Å²) in [6.45, 7) is 0. The van der Waals surface area contributed by atoms with E-state index in [2.05, 4.69) is 17.9 Å². The number of carbonyl (C=O) groups is 1. The number of hydrogen-bond acceptors (Lipinski definition) is 2. The molecule has 0 bridgehead atoms. The number of halogens is 2. The van der Waals surface area contributed by atoms with E-state index in [1.54, 1.807) is 24.3 Å². The number of rotatable bonds is 2. The minimum absolute atomic E-state index is 0.344. The average Bonchev–Trinajstić information content (AvgIpc) is 2.79. The quantitative estimate of drug-likeness (QED) is 0.750. The van der Waals surface area contributed by atoms with Crippen LogP contribution in [0.1, 0.15) is 6.42 Å². The molecule has 1 aromatic rings. The molecule has 0 aromatic heterocycles. The summed E-state index contributed by atoms with van der Waals surface area (Å²) in [4.78, 5) is 12.0. The number of hydrogen-bond donors (Lipinski definition) is 2. The van der Waals surface area contributed by atoms with Gasteiger partial charge in [0.15, 0.2) is 0 Å². The van der Waals surface area contributed by atoms with Crippen molar-refractivity contribution in [3.63, 3.8) is 0 Å². The van der Waals surface area contributed by atoms with Crippen LogP contribution in [-0.2, 0) is 4.79 Å². The highest BCUT2D eigenvalue weighted by Crippen LogP contribution is 2.49. The molecule has 1 unspecified atom stereocenters. The molecule has 1 aliphatic rings. The van der Waals surface area contributed by atoms with Crippen molar-refractivity contribution in [1.29, 1.82) is 0 Å². The Kier molecular flexibility index (Phi) is 2.42. The van der Waals surface area contributed by atoms with E-state index in [0.29, 0.717) is 5.69 Å². The first-order valence-electron chi connectivity index (χ1n) is 4.47. The molecule has 1 atom stereocenters. The molecule has 15 heavy (non-hydrogen) atoms. The van der Waals surface area contributed by atoms with Gasteiger partial charge in [-0.15, -0.1) is 12.6 Å². The van der Waals surface area contributed by atoms with Gasteiger partial charge in [-0.25, -0.2) is 8.78 Å². The standard InChI is InChI=1S/C10H9F2NOS/c11-10(12)5-8(10)9(14)13-6-1-3-7(15)4-2-6/h1-4,8,15H,5H2,(H,13,14). The minimum atomic E-state index is -2.81. The molecule has 1 aromatic carbocycles. The first-order chi connectivity index (χ1) is 6.99. The molecule has 0 radical (unpaired) electrons. The zero-order chi connectivity index (χ0) is 11.1. The number of anilines is 1. The van der Waals surface area contributed by atoms with E-state index in [4.69, 9.17) is 0 Å². The zero-order valence-electron chi connectivity index (χ0n) is 7.71. The van der Waals surface area contributed by atoms with Crippen LogP contribution < -0.4 is 5.32 Å². The van der Waals surface area contributed by atoms with E-state index in [1.165, 1.54) is 0 Å². The molecule has 1 amide bonds. The van der Waals surface area contributed by atoms with Crippen LogP contribution >= 0.6 is 12.6 Å². The summed E-state index contributed by atoms with van der Waals surface area (Å²) in [6.07, 6.45) is -0.344. The van der Waals surface area contributed by atoms with Crippen LogP contribution in [0.25, 0.3) is 0 Å². The molecule has 0 heterocycles. The lowest BCUT2D eigenvalue weighted by atomic mass is 10.3. The van der Waals surface area contributed by atoms with E-state index in [-0.39, 0.29) is 6.42 Å². The lowest BCUT2D eigenvalue weighted by Gasteiger charge is -2.04. The maximum atomic E-state index is 12.5. The van der Waals surface area contributed by atoms with Crippen LogP contribution in [0, 0.1) is 5.92 Å². The van der Waals surface area contributed by atoms with Crippen molar-refractivity contribution in [3.05, 3.63) is 24.3 Å². The lowest BCUT2D eigenvalue weighted by Crippen LogP contribution is -2.17. The van der Waals surface area contributed by atoms with Crippen LogP contribution in [0.2, 0.25) is 0 Å². The second-order valence-electron chi connectivity index (χ2n) is 3.55. The SMILES string of the molecule is O=C(Nc1ccc(S)cc1)C1CC1(F)F. The van der Waals surface area contributed by atoms with Gasteiger partial charge in [-0.2, -0.15) is 0 Å². The minimum Gasteiger partial charge on any atom is -0.326 e. The van der Waals surface area contributed by atoms with E-state index in [0.717, 1.165) is 4.90 Å². The van der Waals surface area contributed by atoms with Gasteiger partial charge in [0.1, 0.15) is 5.92 Å². The number of carbonyl (C=O) groups excluding carboxylic acids is 1. The Balaban J connectivity index is 1.98. The number of nitrogens with one attached hydrogen (secondary N) is 1. The van der Waals surface area contributed by atoms with Crippen molar-refractivity contribution >= 4 is 24.2 Å². The van der Waals surface area contributed by atoms with Gasteiger partial charge >= 0.3 is 0 Å². The summed E-state index contributed by atoms with van der Waals surface area (Å²) in [5.41, 5.74) is 0.514. The first kappa shape index (κ1) is 10.4. The van der Waals surface area contributed by atoms with Gasteiger partial charge in [0, 0.05) is 17.0 Å². The largest absolute Gasteiger partial charge is 0.326 e. The Bertz CT molecular complexity index is 391. The third-order valence-corrected chi connectivity index (χ3v) is 2.58. The van der Waals surface area contributed by atoms with Gasteiger partial charge in [-0.1, -0.05) is 0 Å². The van der Waals surface area contributed by atoms with Crippen LogP contribution in [0.3, 0.4) is 0 Å². The van der Waals surface area contributed by atoms with Crippen molar-refractivity contribution in [2.75, 3.05) is 5.32 Å². The number of amides is 1. The molecule has 0 saturated heterocycles. The van der Waals surface area contributed by atoms with Crippen LogP contribution in [0.4, 0.5) is 14.5 Å². The van der Waals surface area contributed by atoms with Crippen molar-refractivity contribution in [2.24, 2.45) is 5.92 Å². The molecule has 1 N–H and O–H groups in total. The van der Waals surface area contributed by atoms with Gasteiger partial charge in [-0.3, -0.25) is 4.79 Å². The van der Waals surface area contributed by atoms with E-state index in [9.17, 15) is 13.6 Å². The van der Waals surface area contributed by atoms with Gasteiger partial charge < -0.3 is 5.32 Å². The Morgan fingerprint density at radius 1 is 1.40 bits per heavy atom. The topological polar surface area (TPSA) is 29.1 Å². The van der Waals surface area contributed by atoms with Gasteiger partial charge in [-0.05, 0) is 24.3 Å². The number of thiol groups is 1. The predicted molar refractivity (Wildman–Crippen MR) is 55.4 cm³/mol. The molecule has 5 heteroatoms. The smallest absolute Gasteiger partial charge is 0.260 e. The average molecular weight is 229 g/mol. The van der Waals surface area contributed by atoms with E-state index >= 15 is 0 Å². The summed E-state index contributed by atoms with van der Waals surface area (Å²) in [7, 11) is 0. The van der Waals surface area contributed by atoms with Crippen molar-refractivity contribution < 1.29 is 13.6 Å². The second kappa shape index (κ2) is 3.48.